The van der Waals surface area contributed by atoms with Crippen molar-refractivity contribution in [2.45, 2.75) is 33.9 Å². The number of nitrogens with one attached hydrogen (secondary N) is 1. The summed E-state index contributed by atoms with van der Waals surface area (Å²) in [7, 11) is 1.92. The zero-order valence-electron chi connectivity index (χ0n) is 12.9. The van der Waals surface area contributed by atoms with Crippen molar-refractivity contribution in [2.75, 3.05) is 11.4 Å². The number of amides is 1. The van der Waals surface area contributed by atoms with Gasteiger partial charge in [0.25, 0.3) is 0 Å². The van der Waals surface area contributed by atoms with Crippen molar-refractivity contribution < 1.29 is 4.79 Å². The van der Waals surface area contributed by atoms with E-state index in [0.717, 1.165) is 23.1 Å². The molecule has 0 saturated heterocycles. The summed E-state index contributed by atoms with van der Waals surface area (Å²) in [6.45, 7) is 7.60. The largest absolute Gasteiger partial charge is 0.307 e. The van der Waals surface area contributed by atoms with Crippen LogP contribution in [0.5, 0.6) is 0 Å². The second kappa shape index (κ2) is 6.82. The Morgan fingerprint density at radius 3 is 2.81 bits per heavy atom. The third-order valence-corrected chi connectivity index (χ3v) is 4.12. The van der Waals surface area contributed by atoms with Gasteiger partial charge in [-0.05, 0) is 13.8 Å². The maximum absolute atomic E-state index is 11.5. The minimum Gasteiger partial charge on any atom is -0.307 e. The zero-order chi connectivity index (χ0) is 15.4. The zero-order valence-corrected chi connectivity index (χ0v) is 13.7. The van der Waals surface area contributed by atoms with E-state index in [0.29, 0.717) is 13.1 Å². The number of nitrogens with zero attached hydrogens (tertiary/aromatic N) is 4. The summed E-state index contributed by atoms with van der Waals surface area (Å²) in [6.07, 6.45) is 2.02. The van der Waals surface area contributed by atoms with Gasteiger partial charge < -0.3 is 5.32 Å². The van der Waals surface area contributed by atoms with E-state index >= 15 is 0 Å². The van der Waals surface area contributed by atoms with Crippen molar-refractivity contribution in [3.63, 3.8) is 0 Å². The van der Waals surface area contributed by atoms with Gasteiger partial charge in [-0.2, -0.15) is 5.10 Å². The lowest BCUT2D eigenvalue weighted by molar-refractivity contribution is -0.116. The Morgan fingerprint density at radius 2 is 2.24 bits per heavy atom. The summed E-state index contributed by atoms with van der Waals surface area (Å²) < 4.78 is 1.82. The van der Waals surface area contributed by atoms with Crippen molar-refractivity contribution in [1.82, 2.24) is 20.1 Å². The molecule has 7 heteroatoms. The van der Waals surface area contributed by atoms with Gasteiger partial charge in [-0.3, -0.25) is 14.4 Å². The van der Waals surface area contributed by atoms with Crippen molar-refractivity contribution in [1.29, 1.82) is 0 Å². The molecule has 0 unspecified atom stereocenters. The Hall–Kier alpha value is -1.73. The molecule has 2 aromatic heterocycles. The van der Waals surface area contributed by atoms with E-state index in [9.17, 15) is 4.79 Å². The van der Waals surface area contributed by atoms with Crippen LogP contribution in [0.1, 0.15) is 30.8 Å². The van der Waals surface area contributed by atoms with Crippen LogP contribution in [-0.4, -0.2) is 27.2 Å². The molecule has 114 valence electrons. The van der Waals surface area contributed by atoms with Crippen LogP contribution in [-0.2, 0) is 24.9 Å². The van der Waals surface area contributed by atoms with E-state index < -0.39 is 0 Å². The molecule has 0 aliphatic carbocycles. The van der Waals surface area contributed by atoms with E-state index in [-0.39, 0.29) is 5.91 Å². The molecule has 0 spiro atoms. The number of hydrogen-bond donors (Lipinski definition) is 1. The lowest BCUT2D eigenvalue weighted by Gasteiger charge is -2.14. The molecular formula is C14H21N5OS. The van der Waals surface area contributed by atoms with Crippen LogP contribution < -0.4 is 10.2 Å². The third kappa shape index (κ3) is 3.89. The van der Waals surface area contributed by atoms with Gasteiger partial charge in [-0.1, -0.05) is 0 Å². The van der Waals surface area contributed by atoms with Crippen LogP contribution in [0.15, 0.2) is 11.6 Å². The standard InChI is InChI=1S/C14H21N5OS/c1-5-19(11(3)20)14-16-13(9-21-14)7-15-6-12-8-18(4)17-10(12)2/h8-9,15H,5-7H2,1-4H3. The molecule has 0 fully saturated rings. The van der Waals surface area contributed by atoms with Gasteiger partial charge in [0.05, 0.1) is 11.4 Å². The fraction of sp³-hybridized carbons (Fsp3) is 0.500. The highest BCUT2D eigenvalue weighted by atomic mass is 32.1. The number of carbonyl (C=O) groups is 1. The number of carbonyl (C=O) groups excluding carboxylic acids is 1. The molecule has 0 radical (unpaired) electrons. The quantitative estimate of drug-likeness (QED) is 0.884. The van der Waals surface area contributed by atoms with E-state index in [4.69, 9.17) is 0 Å². The molecule has 0 bridgehead atoms. The lowest BCUT2D eigenvalue weighted by atomic mass is 10.2. The van der Waals surface area contributed by atoms with Gasteiger partial charge in [0.1, 0.15) is 0 Å². The minimum atomic E-state index is 0.0253. The van der Waals surface area contributed by atoms with Gasteiger partial charge in [-0.25, -0.2) is 4.98 Å². The Balaban J connectivity index is 1.91. The summed E-state index contributed by atoms with van der Waals surface area (Å²) in [5.74, 6) is 0.0253. The average Bonchev–Trinajstić information content (AvgIpc) is 2.98. The first-order valence-corrected chi connectivity index (χ1v) is 7.81. The molecule has 21 heavy (non-hydrogen) atoms. The smallest absolute Gasteiger partial charge is 0.225 e. The highest BCUT2D eigenvalue weighted by molar-refractivity contribution is 7.14. The summed E-state index contributed by atoms with van der Waals surface area (Å²) in [6, 6.07) is 0. The normalized spacial score (nSPS) is 10.9. The molecule has 0 saturated carbocycles. The van der Waals surface area contributed by atoms with Crippen LogP contribution in [0.4, 0.5) is 5.13 Å². The monoisotopic (exact) mass is 307 g/mol. The number of anilines is 1. The molecule has 0 aliphatic rings. The second-order valence-electron chi connectivity index (χ2n) is 4.90. The molecule has 2 rings (SSSR count). The molecule has 2 aromatic rings. The molecule has 0 aromatic carbocycles. The molecular weight excluding hydrogens is 286 g/mol. The highest BCUT2D eigenvalue weighted by Gasteiger charge is 2.13. The first-order chi connectivity index (χ1) is 10.0. The average molecular weight is 307 g/mol. The van der Waals surface area contributed by atoms with Crippen LogP contribution in [0.3, 0.4) is 0 Å². The predicted molar refractivity (Wildman–Crippen MR) is 84.3 cm³/mol. The fourth-order valence-electron chi connectivity index (χ4n) is 2.14. The Kier molecular flexibility index (Phi) is 5.08. The Morgan fingerprint density at radius 1 is 1.48 bits per heavy atom. The van der Waals surface area contributed by atoms with Gasteiger partial charge in [0, 0.05) is 50.7 Å². The van der Waals surface area contributed by atoms with Gasteiger partial charge in [0.15, 0.2) is 5.13 Å². The Bertz CT molecular complexity index is 619. The second-order valence-corrected chi connectivity index (χ2v) is 5.74. The summed E-state index contributed by atoms with van der Waals surface area (Å²) in [4.78, 5) is 17.7. The summed E-state index contributed by atoms with van der Waals surface area (Å²) >= 11 is 1.50. The van der Waals surface area contributed by atoms with Gasteiger partial charge >= 0.3 is 0 Å². The van der Waals surface area contributed by atoms with E-state index in [1.807, 2.05) is 37.2 Å². The van der Waals surface area contributed by atoms with Crippen LogP contribution in [0.25, 0.3) is 0 Å². The molecule has 2 heterocycles. The molecule has 6 nitrogen and oxygen atoms in total. The summed E-state index contributed by atoms with van der Waals surface area (Å²) in [5.41, 5.74) is 3.18. The number of rotatable bonds is 6. The van der Waals surface area contributed by atoms with Crippen LogP contribution in [0, 0.1) is 6.92 Å². The molecule has 0 atom stereocenters. The Labute approximate surface area is 128 Å². The number of hydrogen-bond acceptors (Lipinski definition) is 5. The van der Waals surface area contributed by atoms with Gasteiger partial charge in [0.2, 0.25) is 5.91 Å². The van der Waals surface area contributed by atoms with Crippen molar-refractivity contribution >= 4 is 22.4 Å². The van der Waals surface area contributed by atoms with Crippen molar-refractivity contribution in [3.05, 3.63) is 28.5 Å². The minimum absolute atomic E-state index is 0.0253. The van der Waals surface area contributed by atoms with Crippen LogP contribution in [0.2, 0.25) is 0 Å². The maximum atomic E-state index is 11.5. The van der Waals surface area contributed by atoms with Crippen LogP contribution >= 0.6 is 11.3 Å². The molecule has 0 aliphatic heterocycles. The topological polar surface area (TPSA) is 63.1 Å². The van der Waals surface area contributed by atoms with E-state index in [2.05, 4.69) is 15.4 Å². The van der Waals surface area contributed by atoms with Crippen molar-refractivity contribution in [2.24, 2.45) is 7.05 Å². The fourth-order valence-corrected chi connectivity index (χ4v) is 3.07. The SMILES string of the molecule is CCN(C(C)=O)c1nc(CNCc2cn(C)nc2C)cs1. The molecule has 1 amide bonds. The molecule has 1 N–H and O–H groups in total. The first-order valence-electron chi connectivity index (χ1n) is 6.93. The number of aryl methyl sites for hydroxylation is 2. The first kappa shape index (κ1) is 15.7. The lowest BCUT2D eigenvalue weighted by Crippen LogP contribution is -2.27. The van der Waals surface area contributed by atoms with E-state index in [1.54, 1.807) is 11.8 Å². The van der Waals surface area contributed by atoms with E-state index in [1.165, 1.54) is 16.9 Å². The third-order valence-electron chi connectivity index (χ3n) is 3.20. The highest BCUT2D eigenvalue weighted by Crippen LogP contribution is 2.20. The number of aromatic nitrogens is 3. The predicted octanol–water partition coefficient (Wildman–Crippen LogP) is 1.85. The van der Waals surface area contributed by atoms with Gasteiger partial charge in [-0.15, -0.1) is 11.3 Å². The van der Waals surface area contributed by atoms with Crippen molar-refractivity contribution in [3.8, 4) is 0 Å². The maximum Gasteiger partial charge on any atom is 0.225 e. The summed E-state index contributed by atoms with van der Waals surface area (Å²) in [5, 5.41) is 10.4. The number of thiazole rings is 1.